The molecule has 0 bridgehead atoms. The van der Waals surface area contributed by atoms with Crippen LogP contribution in [0.5, 0.6) is 0 Å². The van der Waals surface area contributed by atoms with Crippen LogP contribution in [-0.2, 0) is 14.3 Å². The molecule has 5 heteroatoms. The first-order valence-electron chi connectivity index (χ1n) is 15.1. The molecule has 0 N–H and O–H groups in total. The molecule has 2 saturated carbocycles. The number of benzene rings is 1. The van der Waals surface area contributed by atoms with Crippen molar-refractivity contribution in [1.29, 1.82) is 0 Å². The zero-order valence-corrected chi connectivity index (χ0v) is 27.0. The Bertz CT molecular complexity index is 952. The second kappa shape index (κ2) is 12.8. The maximum absolute atomic E-state index is 13.9. The summed E-state index contributed by atoms with van der Waals surface area (Å²) in [6.07, 6.45) is 7.21. The van der Waals surface area contributed by atoms with Crippen LogP contribution in [0, 0.1) is 35.5 Å². The third kappa shape index (κ3) is 7.40. The van der Waals surface area contributed by atoms with Crippen LogP contribution < -0.4 is 5.30 Å². The molecule has 0 heterocycles. The summed E-state index contributed by atoms with van der Waals surface area (Å²) in [5.41, 5.74) is 2.21. The molecule has 2 fully saturated rings. The van der Waals surface area contributed by atoms with Crippen molar-refractivity contribution in [2.75, 3.05) is 0 Å². The van der Waals surface area contributed by atoms with Crippen LogP contribution in [0.3, 0.4) is 0 Å². The number of hydrogen-bond acceptors (Lipinski definition) is 3. The molecule has 6 unspecified atom stereocenters. The zero-order valence-electron chi connectivity index (χ0n) is 25.3. The van der Waals surface area contributed by atoms with Crippen LogP contribution >= 0.6 is 7.92 Å². The summed E-state index contributed by atoms with van der Waals surface area (Å²) in [6.45, 7) is 22.3. The minimum absolute atomic E-state index is 0.268. The van der Waals surface area contributed by atoms with Gasteiger partial charge in [0.25, 0.3) is 10.1 Å². The van der Waals surface area contributed by atoms with Crippen LogP contribution in [-0.4, -0.2) is 25.8 Å². The summed E-state index contributed by atoms with van der Waals surface area (Å²) in [6, 6.07) is 6.42. The molecular weight excluding hydrogens is 495 g/mol. The Hall–Kier alpha value is -0.440. The summed E-state index contributed by atoms with van der Waals surface area (Å²) >= 11 is 0. The van der Waals surface area contributed by atoms with E-state index in [4.69, 9.17) is 4.18 Å². The smallest absolute Gasteiger partial charge is 0.264 e. The molecule has 6 atom stereocenters. The molecule has 0 amide bonds. The van der Waals surface area contributed by atoms with Crippen LogP contribution in [0.25, 0.3) is 0 Å². The van der Waals surface area contributed by atoms with E-state index in [0.29, 0.717) is 51.7 Å². The molecule has 0 aliphatic heterocycles. The number of rotatable bonds is 9. The first kappa shape index (κ1) is 31.1. The van der Waals surface area contributed by atoms with Gasteiger partial charge in [-0.05, 0) is 109 Å². The van der Waals surface area contributed by atoms with Crippen LogP contribution in [0.15, 0.2) is 23.1 Å². The van der Waals surface area contributed by atoms with Crippen molar-refractivity contribution in [3.8, 4) is 0 Å². The van der Waals surface area contributed by atoms with E-state index in [0.717, 1.165) is 10.9 Å². The molecule has 0 spiro atoms. The fourth-order valence-electron chi connectivity index (χ4n) is 7.16. The van der Waals surface area contributed by atoms with Gasteiger partial charge >= 0.3 is 0 Å². The van der Waals surface area contributed by atoms with Gasteiger partial charge < -0.3 is 0 Å². The Morgan fingerprint density at radius 1 is 0.784 bits per heavy atom. The molecule has 0 aromatic heterocycles. The van der Waals surface area contributed by atoms with E-state index >= 15 is 0 Å². The lowest BCUT2D eigenvalue weighted by Gasteiger charge is -2.50. The second-order valence-electron chi connectivity index (χ2n) is 13.7. The van der Waals surface area contributed by atoms with Crippen molar-refractivity contribution >= 4 is 23.3 Å². The fraction of sp³-hybridized carbons (Fsp3) is 0.812. The number of hydrogen-bond donors (Lipinski definition) is 0. The van der Waals surface area contributed by atoms with E-state index in [1.165, 1.54) is 38.5 Å². The Labute approximate surface area is 230 Å². The quantitative estimate of drug-likeness (QED) is 0.228. The van der Waals surface area contributed by atoms with Crippen molar-refractivity contribution in [1.82, 2.24) is 0 Å². The summed E-state index contributed by atoms with van der Waals surface area (Å²) in [5.74, 6) is 4.20. The molecule has 2 aliphatic carbocycles. The summed E-state index contributed by atoms with van der Waals surface area (Å²) in [5, 5.41) is 1.11. The van der Waals surface area contributed by atoms with Gasteiger partial charge in [0.1, 0.15) is 4.90 Å². The predicted octanol–water partition coefficient (Wildman–Crippen LogP) is 8.95. The third-order valence-electron chi connectivity index (χ3n) is 9.21. The van der Waals surface area contributed by atoms with Gasteiger partial charge in [0, 0.05) is 0 Å². The van der Waals surface area contributed by atoms with Gasteiger partial charge in [-0.1, -0.05) is 88.3 Å². The molecule has 1 aromatic carbocycles. The topological polar surface area (TPSA) is 43.4 Å². The van der Waals surface area contributed by atoms with E-state index in [-0.39, 0.29) is 12.0 Å². The first-order chi connectivity index (χ1) is 17.2. The van der Waals surface area contributed by atoms with E-state index in [1.807, 2.05) is 19.9 Å². The minimum Gasteiger partial charge on any atom is -0.264 e. The normalized spacial score (nSPS) is 30.4. The van der Waals surface area contributed by atoms with Crippen molar-refractivity contribution < 1.29 is 12.6 Å². The molecule has 37 heavy (non-hydrogen) atoms. The first-order valence-corrected chi connectivity index (χ1v) is 18.0. The van der Waals surface area contributed by atoms with Crippen molar-refractivity contribution in [3.63, 3.8) is 0 Å². The summed E-state index contributed by atoms with van der Waals surface area (Å²) in [7, 11) is -4.54. The molecule has 0 saturated heterocycles. The van der Waals surface area contributed by atoms with Gasteiger partial charge in [-0.25, -0.2) is 0 Å². The maximum Gasteiger partial charge on any atom is 0.297 e. The lowest BCUT2D eigenvalue weighted by Crippen LogP contribution is -2.41. The predicted molar refractivity (Wildman–Crippen MR) is 161 cm³/mol. The highest BCUT2D eigenvalue weighted by Crippen LogP contribution is 2.61. The summed E-state index contributed by atoms with van der Waals surface area (Å²) < 4.78 is 33.4. The van der Waals surface area contributed by atoms with Crippen molar-refractivity contribution in [2.45, 2.75) is 136 Å². The Morgan fingerprint density at radius 2 is 1.27 bits per heavy atom. The largest absolute Gasteiger partial charge is 0.297 e. The molecule has 2 aliphatic rings. The van der Waals surface area contributed by atoms with E-state index < -0.39 is 18.0 Å². The SMILES string of the molecule is CC1CCC(C(C)C)C(P(c2ccc(C(C)C)cc2S(=O)(=O)OC(C)C)C2CC(C)CCC2C(C)C)C1. The standard InChI is InChI=1S/C32H55O3PS/c1-20(2)26-13-16-29(32(19-26)37(33,34)35-23(7)8)36(30-17-24(9)11-14-27(30)21(3)4)31-18-25(10)12-15-28(31)22(5)6/h13,16,19-25,27-28,30-31H,11-12,14-15,17-18H2,1-10H3. The Kier molecular flexibility index (Phi) is 10.8. The zero-order chi connectivity index (χ0) is 27.7. The van der Waals surface area contributed by atoms with Gasteiger partial charge in [-0.15, -0.1) is 0 Å². The van der Waals surface area contributed by atoms with Crippen molar-refractivity contribution in [2.24, 2.45) is 35.5 Å². The van der Waals surface area contributed by atoms with E-state index in [1.54, 1.807) is 0 Å². The lowest BCUT2D eigenvalue weighted by molar-refractivity contribution is 0.224. The average Bonchev–Trinajstić information content (AvgIpc) is 2.78. The Morgan fingerprint density at radius 3 is 1.68 bits per heavy atom. The van der Waals surface area contributed by atoms with Crippen LogP contribution in [0.1, 0.15) is 119 Å². The van der Waals surface area contributed by atoms with E-state index in [2.05, 4.69) is 67.5 Å². The summed E-state index contributed by atoms with van der Waals surface area (Å²) in [4.78, 5) is 0.472. The molecule has 212 valence electrons. The Balaban J connectivity index is 2.29. The van der Waals surface area contributed by atoms with Crippen LogP contribution in [0.4, 0.5) is 0 Å². The van der Waals surface area contributed by atoms with Crippen LogP contribution in [0.2, 0.25) is 0 Å². The highest BCUT2D eigenvalue weighted by Gasteiger charge is 2.46. The monoisotopic (exact) mass is 550 g/mol. The third-order valence-corrected chi connectivity index (χ3v) is 14.4. The minimum atomic E-state index is -3.85. The molecule has 0 radical (unpaired) electrons. The molecule has 1 aromatic rings. The lowest BCUT2D eigenvalue weighted by atomic mass is 9.76. The van der Waals surface area contributed by atoms with Crippen molar-refractivity contribution in [3.05, 3.63) is 23.8 Å². The highest BCUT2D eigenvalue weighted by molar-refractivity contribution is 7.87. The second-order valence-corrected chi connectivity index (χ2v) is 17.8. The van der Waals surface area contributed by atoms with E-state index in [9.17, 15) is 8.42 Å². The van der Waals surface area contributed by atoms with Gasteiger partial charge in [0.05, 0.1) is 6.10 Å². The molecule has 3 rings (SSSR count). The van der Waals surface area contributed by atoms with Gasteiger partial charge in [0.15, 0.2) is 0 Å². The fourth-order valence-corrected chi connectivity index (χ4v) is 13.8. The molecule has 3 nitrogen and oxygen atoms in total. The van der Waals surface area contributed by atoms with Gasteiger partial charge in [-0.3, -0.25) is 4.18 Å². The molecular formula is C32H55O3PS. The van der Waals surface area contributed by atoms with Gasteiger partial charge in [0.2, 0.25) is 0 Å². The highest BCUT2D eigenvalue weighted by atomic mass is 32.2. The van der Waals surface area contributed by atoms with Gasteiger partial charge in [-0.2, -0.15) is 8.42 Å². The maximum atomic E-state index is 13.9. The average molecular weight is 551 g/mol.